The van der Waals surface area contributed by atoms with E-state index >= 15 is 0 Å². The third-order valence-corrected chi connectivity index (χ3v) is 5.85. The second-order valence-corrected chi connectivity index (χ2v) is 8.37. The molecular weight excluding hydrogens is 494 g/mol. The molecule has 1 N–H and O–H groups in total. The van der Waals surface area contributed by atoms with Gasteiger partial charge in [0.25, 0.3) is 0 Å². The van der Waals surface area contributed by atoms with Gasteiger partial charge in [-0.1, -0.05) is 41.6 Å². The lowest BCUT2D eigenvalue weighted by Gasteiger charge is -2.14. The normalized spacial score (nSPS) is 15.4. The van der Waals surface area contributed by atoms with Crippen molar-refractivity contribution in [2.45, 2.75) is 13.8 Å². The number of hydrogen-bond acceptors (Lipinski definition) is 9. The van der Waals surface area contributed by atoms with Crippen LogP contribution in [0.1, 0.15) is 19.4 Å². The second kappa shape index (κ2) is 12.3. The number of para-hydroxylation sites is 1. The molecule has 1 aliphatic rings. The van der Waals surface area contributed by atoms with Crippen molar-refractivity contribution in [2.75, 3.05) is 26.9 Å². The Morgan fingerprint density at radius 3 is 2.51 bits per heavy atom. The number of methoxy groups -OCH3 is 1. The van der Waals surface area contributed by atoms with Gasteiger partial charge in [-0.3, -0.25) is 0 Å². The molecule has 0 saturated heterocycles. The average molecular weight is 518 g/mol. The number of carbonyl (C=O) groups is 2. The van der Waals surface area contributed by atoms with Crippen LogP contribution in [0.25, 0.3) is 6.08 Å². The number of carbonyl (C=O) groups excluding carboxylic acids is 2. The van der Waals surface area contributed by atoms with E-state index in [2.05, 4.69) is 9.73 Å². The topological polar surface area (TPSA) is 104 Å². The van der Waals surface area contributed by atoms with Crippen LogP contribution in [0.4, 0.5) is 5.69 Å². The Labute approximate surface area is 212 Å². The predicted molar refractivity (Wildman–Crippen MR) is 136 cm³/mol. The van der Waals surface area contributed by atoms with Crippen LogP contribution in [0.5, 0.6) is 11.5 Å². The van der Waals surface area contributed by atoms with Crippen molar-refractivity contribution >= 4 is 52.1 Å². The summed E-state index contributed by atoms with van der Waals surface area (Å²) in [4.78, 5) is 29.0. The molecule has 0 radical (unpaired) electrons. The number of aliphatic hydroxyl groups is 1. The molecule has 8 nitrogen and oxygen atoms in total. The Bertz CT molecular complexity index is 1190. The molecule has 0 unspecified atom stereocenters. The minimum absolute atomic E-state index is 0.0129. The lowest BCUT2D eigenvalue weighted by atomic mass is 10.1. The van der Waals surface area contributed by atoms with Crippen LogP contribution in [-0.2, 0) is 19.1 Å². The van der Waals surface area contributed by atoms with Crippen LogP contribution in [0.3, 0.4) is 0 Å². The van der Waals surface area contributed by atoms with Crippen molar-refractivity contribution in [1.29, 1.82) is 0 Å². The third kappa shape index (κ3) is 6.58. The molecule has 0 amide bonds. The van der Waals surface area contributed by atoms with E-state index < -0.39 is 11.9 Å². The van der Waals surface area contributed by atoms with Gasteiger partial charge in [-0.05, 0) is 49.8 Å². The molecule has 0 fully saturated rings. The van der Waals surface area contributed by atoms with Gasteiger partial charge in [-0.2, -0.15) is 0 Å². The number of thioether (sulfide) groups is 1. The number of rotatable bonds is 9. The summed E-state index contributed by atoms with van der Waals surface area (Å²) in [6.07, 6.45) is 1.64. The summed E-state index contributed by atoms with van der Waals surface area (Å²) in [7, 11) is 1.26. The van der Waals surface area contributed by atoms with Crippen molar-refractivity contribution < 1.29 is 33.6 Å². The van der Waals surface area contributed by atoms with E-state index in [9.17, 15) is 14.7 Å². The average Bonchev–Trinajstić information content (AvgIpc) is 3.13. The van der Waals surface area contributed by atoms with E-state index in [0.29, 0.717) is 33.6 Å². The molecule has 0 aliphatic carbocycles. The maximum Gasteiger partial charge on any atom is 0.344 e. The van der Waals surface area contributed by atoms with E-state index in [-0.39, 0.29) is 35.3 Å². The van der Waals surface area contributed by atoms with Crippen molar-refractivity contribution in [3.63, 3.8) is 0 Å². The summed E-state index contributed by atoms with van der Waals surface area (Å²) in [5.74, 6) is -0.980. The first-order valence-corrected chi connectivity index (χ1v) is 11.9. The fourth-order valence-electron chi connectivity index (χ4n) is 3.03. The summed E-state index contributed by atoms with van der Waals surface area (Å²) in [5, 5.41) is 11.4. The number of hydrogen-bond donors (Lipinski definition) is 1. The lowest BCUT2D eigenvalue weighted by molar-refractivity contribution is -0.143. The van der Waals surface area contributed by atoms with Crippen LogP contribution < -0.4 is 9.47 Å². The molecule has 0 aromatic heterocycles. The maximum atomic E-state index is 12.6. The molecule has 1 heterocycles. The molecule has 3 rings (SSSR count). The van der Waals surface area contributed by atoms with Crippen molar-refractivity contribution in [3.05, 3.63) is 69.3 Å². The highest BCUT2D eigenvalue weighted by Crippen LogP contribution is 2.42. The minimum Gasteiger partial charge on any atom is -0.506 e. The maximum absolute atomic E-state index is 12.6. The van der Waals surface area contributed by atoms with Crippen molar-refractivity contribution in [2.24, 2.45) is 4.99 Å². The van der Waals surface area contributed by atoms with Gasteiger partial charge in [-0.15, -0.1) is 0 Å². The summed E-state index contributed by atoms with van der Waals surface area (Å²) in [6, 6.07) is 12.3. The summed E-state index contributed by atoms with van der Waals surface area (Å²) in [6.45, 7) is 3.62. The molecule has 10 heteroatoms. The second-order valence-electron chi connectivity index (χ2n) is 6.94. The Kier molecular flexibility index (Phi) is 9.22. The summed E-state index contributed by atoms with van der Waals surface area (Å²) >= 11 is 7.54. The van der Waals surface area contributed by atoms with Crippen molar-refractivity contribution in [3.8, 4) is 11.5 Å². The van der Waals surface area contributed by atoms with Gasteiger partial charge < -0.3 is 24.1 Å². The molecule has 2 aromatic carbocycles. The molecule has 0 saturated carbocycles. The highest BCUT2D eigenvalue weighted by Gasteiger charge is 2.33. The molecule has 0 spiro atoms. The van der Waals surface area contributed by atoms with E-state index in [4.69, 9.17) is 25.8 Å². The van der Waals surface area contributed by atoms with Gasteiger partial charge in [0.1, 0.15) is 16.4 Å². The SMILES string of the molecule is CCOC(=O)C1=C(O)/C(=C/c2cc(Cl)c(OCC(=O)OC)c(OCC)c2)SC1=Nc1ccccc1. The number of halogens is 1. The Hall–Kier alpha value is -3.43. The Balaban J connectivity index is 2.01. The van der Waals surface area contributed by atoms with Crippen LogP contribution in [0.2, 0.25) is 5.02 Å². The zero-order valence-corrected chi connectivity index (χ0v) is 20.9. The first kappa shape index (κ1) is 26.2. The highest BCUT2D eigenvalue weighted by molar-refractivity contribution is 8.18. The fraction of sp³-hybridized carbons (Fsp3) is 0.240. The van der Waals surface area contributed by atoms with Gasteiger partial charge in [0, 0.05) is 0 Å². The molecule has 0 atom stereocenters. The largest absolute Gasteiger partial charge is 0.506 e. The van der Waals surface area contributed by atoms with Crippen LogP contribution in [-0.4, -0.2) is 49.0 Å². The van der Waals surface area contributed by atoms with Gasteiger partial charge in [0.2, 0.25) is 0 Å². The van der Waals surface area contributed by atoms with Gasteiger partial charge in [0.15, 0.2) is 18.1 Å². The van der Waals surface area contributed by atoms with Gasteiger partial charge in [0.05, 0.1) is 35.9 Å². The minimum atomic E-state index is -0.671. The molecule has 2 aromatic rings. The third-order valence-electron chi connectivity index (χ3n) is 4.55. The zero-order valence-electron chi connectivity index (χ0n) is 19.4. The number of esters is 2. The first-order valence-electron chi connectivity index (χ1n) is 10.7. The van der Waals surface area contributed by atoms with E-state index in [1.807, 2.05) is 18.2 Å². The summed E-state index contributed by atoms with van der Waals surface area (Å²) in [5.41, 5.74) is 1.18. The van der Waals surface area contributed by atoms with Gasteiger partial charge in [-0.25, -0.2) is 14.6 Å². The first-order chi connectivity index (χ1) is 16.9. The van der Waals surface area contributed by atoms with E-state index in [1.165, 1.54) is 7.11 Å². The monoisotopic (exact) mass is 517 g/mol. The number of ether oxygens (including phenoxy) is 4. The van der Waals surface area contributed by atoms with Gasteiger partial charge >= 0.3 is 11.9 Å². The van der Waals surface area contributed by atoms with Crippen LogP contribution in [0.15, 0.2) is 63.7 Å². The van der Waals surface area contributed by atoms with E-state index in [1.54, 1.807) is 44.2 Å². The van der Waals surface area contributed by atoms with E-state index in [0.717, 1.165) is 11.8 Å². The van der Waals surface area contributed by atoms with Crippen molar-refractivity contribution in [1.82, 2.24) is 0 Å². The predicted octanol–water partition coefficient (Wildman–Crippen LogP) is 5.48. The molecule has 0 bridgehead atoms. The lowest BCUT2D eigenvalue weighted by Crippen LogP contribution is -2.13. The highest BCUT2D eigenvalue weighted by atomic mass is 35.5. The number of nitrogens with zero attached hydrogens (tertiary/aromatic N) is 1. The fourth-order valence-corrected chi connectivity index (χ4v) is 4.34. The Morgan fingerprint density at radius 2 is 1.86 bits per heavy atom. The Morgan fingerprint density at radius 1 is 1.11 bits per heavy atom. The quantitative estimate of drug-likeness (QED) is 0.436. The molecule has 1 aliphatic heterocycles. The number of aliphatic imine (C=N–C) groups is 1. The molecular formula is C25H24ClNO7S. The smallest absolute Gasteiger partial charge is 0.344 e. The number of aliphatic hydroxyl groups excluding tert-OH is 1. The zero-order chi connectivity index (χ0) is 25.4. The standard InChI is InChI=1S/C25H24ClNO7S/c1-4-32-18-12-15(11-17(26)23(18)34-14-20(28)31-3)13-19-22(29)21(25(30)33-5-2)24(35-19)27-16-9-7-6-8-10-16/h6-13,29H,4-5,14H2,1-3H3/b19-13-,27-24?. The molecule has 184 valence electrons. The summed E-state index contributed by atoms with van der Waals surface area (Å²) < 4.78 is 20.8. The van der Waals surface area contributed by atoms with Crippen LogP contribution in [0, 0.1) is 0 Å². The molecule has 35 heavy (non-hydrogen) atoms. The van der Waals surface area contributed by atoms with Crippen LogP contribution >= 0.6 is 23.4 Å². The number of benzene rings is 2.